The Bertz CT molecular complexity index is 497. The summed E-state index contributed by atoms with van der Waals surface area (Å²) in [7, 11) is -4.79. The summed E-state index contributed by atoms with van der Waals surface area (Å²) in [6.45, 7) is -0.579. The molecule has 0 aliphatic heterocycles. The van der Waals surface area contributed by atoms with E-state index in [1.54, 1.807) is 0 Å². The van der Waals surface area contributed by atoms with E-state index in [-0.39, 0.29) is 0 Å². The standard InChI is InChI=1S/C9H9F3O3S/c1-6-2-3-8(16(13,14)15)7(4-6)9(11,12)5-10/h2-4H,5H2,1H3,(H,13,14,15). The van der Waals surface area contributed by atoms with Crippen molar-refractivity contribution < 1.29 is 26.1 Å². The molecule has 0 saturated carbocycles. The molecule has 0 spiro atoms. The van der Waals surface area contributed by atoms with E-state index in [2.05, 4.69) is 0 Å². The van der Waals surface area contributed by atoms with E-state index < -0.39 is 33.2 Å². The molecular weight excluding hydrogens is 245 g/mol. The van der Waals surface area contributed by atoms with Gasteiger partial charge in [-0.05, 0) is 19.1 Å². The van der Waals surface area contributed by atoms with E-state index in [0.29, 0.717) is 5.56 Å². The van der Waals surface area contributed by atoms with Crippen LogP contribution in [0.5, 0.6) is 0 Å². The van der Waals surface area contributed by atoms with Gasteiger partial charge in [-0.3, -0.25) is 4.55 Å². The Morgan fingerprint density at radius 3 is 2.38 bits per heavy atom. The number of halogens is 3. The maximum atomic E-state index is 13.1. The van der Waals surface area contributed by atoms with Crippen LogP contribution in [0.1, 0.15) is 11.1 Å². The Labute approximate surface area is 90.7 Å². The van der Waals surface area contributed by atoms with Gasteiger partial charge in [-0.25, -0.2) is 4.39 Å². The lowest BCUT2D eigenvalue weighted by atomic mass is 10.1. The lowest BCUT2D eigenvalue weighted by molar-refractivity contribution is -0.0308. The Kier molecular flexibility index (Phi) is 3.30. The van der Waals surface area contributed by atoms with Gasteiger partial charge in [-0.2, -0.15) is 17.2 Å². The average molecular weight is 254 g/mol. The molecule has 16 heavy (non-hydrogen) atoms. The molecular formula is C9H9F3O3S. The lowest BCUT2D eigenvalue weighted by Gasteiger charge is -2.16. The molecule has 1 N–H and O–H groups in total. The van der Waals surface area contributed by atoms with Crippen molar-refractivity contribution in [3.63, 3.8) is 0 Å². The molecule has 0 aliphatic carbocycles. The third-order valence-electron chi connectivity index (χ3n) is 1.97. The molecule has 0 radical (unpaired) electrons. The summed E-state index contributed by atoms with van der Waals surface area (Å²) >= 11 is 0. The zero-order chi connectivity index (χ0) is 12.6. The minimum absolute atomic E-state index is 0.343. The zero-order valence-electron chi connectivity index (χ0n) is 8.25. The zero-order valence-corrected chi connectivity index (χ0v) is 9.06. The lowest BCUT2D eigenvalue weighted by Crippen LogP contribution is -2.20. The number of rotatable bonds is 3. The van der Waals surface area contributed by atoms with Crippen molar-refractivity contribution in [2.75, 3.05) is 6.67 Å². The molecule has 0 aromatic heterocycles. The summed E-state index contributed by atoms with van der Waals surface area (Å²) in [5.41, 5.74) is -0.687. The van der Waals surface area contributed by atoms with Crippen molar-refractivity contribution in [2.24, 2.45) is 0 Å². The molecule has 0 saturated heterocycles. The van der Waals surface area contributed by atoms with Gasteiger partial charge < -0.3 is 0 Å². The molecule has 3 nitrogen and oxygen atoms in total. The van der Waals surface area contributed by atoms with Gasteiger partial charge in [0.2, 0.25) is 0 Å². The van der Waals surface area contributed by atoms with Crippen LogP contribution in [0.3, 0.4) is 0 Å². The van der Waals surface area contributed by atoms with Crippen molar-refractivity contribution in [3.05, 3.63) is 29.3 Å². The summed E-state index contributed by atoms with van der Waals surface area (Å²) in [5, 5.41) is 0. The summed E-state index contributed by atoms with van der Waals surface area (Å²) in [4.78, 5) is -0.972. The Morgan fingerprint density at radius 2 is 1.94 bits per heavy atom. The highest BCUT2D eigenvalue weighted by molar-refractivity contribution is 7.85. The van der Waals surface area contributed by atoms with Crippen LogP contribution in [-0.2, 0) is 16.0 Å². The van der Waals surface area contributed by atoms with Gasteiger partial charge in [-0.15, -0.1) is 0 Å². The van der Waals surface area contributed by atoms with Crippen LogP contribution in [0.15, 0.2) is 23.1 Å². The van der Waals surface area contributed by atoms with E-state index in [0.717, 1.165) is 12.1 Å². The highest BCUT2D eigenvalue weighted by Gasteiger charge is 2.37. The number of alkyl halides is 3. The topological polar surface area (TPSA) is 54.4 Å². The Hall–Kier alpha value is -1.08. The number of hydrogen-bond donors (Lipinski definition) is 1. The molecule has 0 atom stereocenters. The van der Waals surface area contributed by atoms with Crippen molar-refractivity contribution in [1.29, 1.82) is 0 Å². The van der Waals surface area contributed by atoms with Gasteiger partial charge in [-0.1, -0.05) is 11.6 Å². The summed E-state index contributed by atoms with van der Waals surface area (Å²) in [5.74, 6) is -3.93. The van der Waals surface area contributed by atoms with Crippen LogP contribution in [0.4, 0.5) is 13.2 Å². The first-order chi connectivity index (χ1) is 7.18. The van der Waals surface area contributed by atoms with Gasteiger partial charge >= 0.3 is 5.92 Å². The molecule has 90 valence electrons. The average Bonchev–Trinajstić information content (AvgIpc) is 2.15. The highest BCUT2D eigenvalue weighted by atomic mass is 32.2. The fraction of sp³-hybridized carbons (Fsp3) is 0.333. The number of hydrogen-bond acceptors (Lipinski definition) is 2. The predicted octanol–water partition coefficient (Wildman–Crippen LogP) is 2.30. The maximum absolute atomic E-state index is 13.1. The molecule has 0 bridgehead atoms. The quantitative estimate of drug-likeness (QED) is 0.842. The van der Waals surface area contributed by atoms with Gasteiger partial charge in [0.15, 0.2) is 6.67 Å². The second-order valence-electron chi connectivity index (χ2n) is 3.31. The van der Waals surface area contributed by atoms with Gasteiger partial charge in [0, 0.05) is 5.56 Å². The minimum Gasteiger partial charge on any atom is -0.282 e. The molecule has 1 rings (SSSR count). The smallest absolute Gasteiger partial charge is 0.282 e. The molecule has 1 aromatic carbocycles. The van der Waals surface area contributed by atoms with E-state index in [4.69, 9.17) is 4.55 Å². The third kappa shape index (κ3) is 2.53. The second-order valence-corrected chi connectivity index (χ2v) is 4.70. The number of aryl methyl sites for hydroxylation is 1. The number of benzene rings is 1. The van der Waals surface area contributed by atoms with E-state index in [9.17, 15) is 21.6 Å². The Morgan fingerprint density at radius 1 is 1.38 bits per heavy atom. The molecule has 0 amide bonds. The monoisotopic (exact) mass is 254 g/mol. The summed E-state index contributed by atoms with van der Waals surface area (Å²) < 4.78 is 68.7. The van der Waals surface area contributed by atoms with E-state index in [1.165, 1.54) is 13.0 Å². The van der Waals surface area contributed by atoms with Gasteiger partial charge in [0.05, 0.1) is 0 Å². The minimum atomic E-state index is -4.79. The fourth-order valence-electron chi connectivity index (χ4n) is 1.23. The van der Waals surface area contributed by atoms with Gasteiger partial charge in [0.25, 0.3) is 10.1 Å². The van der Waals surface area contributed by atoms with Crippen LogP contribution in [0.25, 0.3) is 0 Å². The highest BCUT2D eigenvalue weighted by Crippen LogP contribution is 2.33. The van der Waals surface area contributed by atoms with Crippen molar-refractivity contribution in [1.82, 2.24) is 0 Å². The second kappa shape index (κ2) is 4.06. The van der Waals surface area contributed by atoms with Crippen LogP contribution in [-0.4, -0.2) is 19.6 Å². The van der Waals surface area contributed by atoms with Crippen molar-refractivity contribution >= 4 is 10.1 Å². The first-order valence-corrected chi connectivity index (χ1v) is 5.65. The van der Waals surface area contributed by atoms with Crippen LogP contribution in [0, 0.1) is 6.92 Å². The SMILES string of the molecule is Cc1ccc(S(=O)(=O)O)c(C(F)(F)CF)c1. The maximum Gasteiger partial charge on any atom is 0.302 e. The van der Waals surface area contributed by atoms with Crippen molar-refractivity contribution in [2.45, 2.75) is 17.7 Å². The molecule has 0 aliphatic rings. The van der Waals surface area contributed by atoms with Crippen molar-refractivity contribution in [3.8, 4) is 0 Å². The molecule has 7 heteroatoms. The normalized spacial score (nSPS) is 12.8. The largest absolute Gasteiger partial charge is 0.302 e. The van der Waals surface area contributed by atoms with Crippen LogP contribution in [0.2, 0.25) is 0 Å². The molecule has 0 fully saturated rings. The fourth-order valence-corrected chi connectivity index (χ4v) is 1.95. The summed E-state index contributed by atoms with van der Waals surface area (Å²) in [6, 6.07) is 2.90. The van der Waals surface area contributed by atoms with Crippen LogP contribution >= 0.6 is 0 Å². The summed E-state index contributed by atoms with van der Waals surface area (Å²) in [6.07, 6.45) is 0. The third-order valence-corrected chi connectivity index (χ3v) is 2.89. The molecule has 0 unspecified atom stereocenters. The molecule has 0 heterocycles. The first kappa shape index (κ1) is 13.0. The molecule has 1 aromatic rings. The van der Waals surface area contributed by atoms with E-state index >= 15 is 0 Å². The van der Waals surface area contributed by atoms with E-state index in [1.807, 2.05) is 0 Å². The first-order valence-electron chi connectivity index (χ1n) is 4.21. The Balaban J connectivity index is 3.54. The predicted molar refractivity (Wildman–Crippen MR) is 50.9 cm³/mol. The van der Waals surface area contributed by atoms with Crippen LogP contribution < -0.4 is 0 Å². The van der Waals surface area contributed by atoms with Gasteiger partial charge in [0.1, 0.15) is 4.90 Å².